The maximum Gasteiger partial charge on any atom is 0.363 e. The van der Waals surface area contributed by atoms with Crippen molar-refractivity contribution in [3.63, 3.8) is 0 Å². The van der Waals surface area contributed by atoms with Crippen LogP contribution in [0.4, 0.5) is 5.82 Å². The second kappa shape index (κ2) is 8.06. The molecule has 7 nitrogen and oxygen atoms in total. The predicted octanol–water partition coefficient (Wildman–Crippen LogP) is 2.81. The second-order valence-corrected chi connectivity index (χ2v) is 5.79. The molecule has 2 N–H and O–H groups in total. The lowest BCUT2D eigenvalue weighted by molar-refractivity contribution is 0.306. The molecule has 0 spiro atoms. The number of aromatic nitrogens is 3. The lowest BCUT2D eigenvalue weighted by Crippen LogP contribution is -2.15. The normalized spacial score (nSPS) is 10.8. The number of rotatable bonds is 6. The Hall–Kier alpha value is -3.48. The van der Waals surface area contributed by atoms with Gasteiger partial charge in [-0.1, -0.05) is 42.0 Å². The molecule has 0 fully saturated rings. The molecule has 0 atom stereocenters. The molecule has 0 aliphatic carbocycles. The molecule has 1 heterocycles. The molecule has 0 aliphatic heterocycles. The number of aromatic amines is 1. The molecule has 26 heavy (non-hydrogen) atoms. The van der Waals surface area contributed by atoms with Gasteiger partial charge in [-0.3, -0.25) is 5.43 Å². The Labute approximate surface area is 150 Å². The zero-order valence-corrected chi connectivity index (χ0v) is 14.6. The van der Waals surface area contributed by atoms with E-state index < -0.39 is 5.69 Å². The summed E-state index contributed by atoms with van der Waals surface area (Å²) < 4.78 is 5.82. The minimum absolute atomic E-state index is 0.316. The Morgan fingerprint density at radius 3 is 2.81 bits per heavy atom. The Kier molecular flexibility index (Phi) is 5.38. The van der Waals surface area contributed by atoms with Crippen LogP contribution in [0.5, 0.6) is 5.75 Å². The molecule has 0 saturated carbocycles. The van der Waals surface area contributed by atoms with Crippen molar-refractivity contribution in [2.45, 2.75) is 20.5 Å². The highest BCUT2D eigenvalue weighted by Gasteiger charge is 2.01. The average molecular weight is 349 g/mol. The minimum Gasteiger partial charge on any atom is -0.489 e. The van der Waals surface area contributed by atoms with Crippen LogP contribution >= 0.6 is 0 Å². The molecule has 0 amide bonds. The largest absolute Gasteiger partial charge is 0.489 e. The number of hydrazone groups is 1. The number of nitrogens with zero attached hydrogens (tertiary/aromatic N) is 3. The van der Waals surface area contributed by atoms with Crippen LogP contribution in [-0.2, 0) is 6.61 Å². The van der Waals surface area contributed by atoms with Gasteiger partial charge >= 0.3 is 5.69 Å². The van der Waals surface area contributed by atoms with Crippen LogP contribution in [-0.4, -0.2) is 21.4 Å². The number of hydrogen-bond acceptors (Lipinski definition) is 6. The van der Waals surface area contributed by atoms with E-state index in [9.17, 15) is 4.79 Å². The molecular weight excluding hydrogens is 330 g/mol. The van der Waals surface area contributed by atoms with E-state index in [0.29, 0.717) is 18.1 Å². The van der Waals surface area contributed by atoms with Crippen LogP contribution < -0.4 is 15.9 Å². The molecule has 132 valence electrons. The Bertz CT molecular complexity index is 964. The van der Waals surface area contributed by atoms with Gasteiger partial charge in [-0.2, -0.15) is 15.2 Å². The fourth-order valence-corrected chi connectivity index (χ4v) is 2.20. The average Bonchev–Trinajstić information content (AvgIpc) is 2.64. The quantitative estimate of drug-likeness (QED) is 0.527. The number of anilines is 1. The summed E-state index contributed by atoms with van der Waals surface area (Å²) in [6.07, 6.45) is 1.63. The van der Waals surface area contributed by atoms with Crippen molar-refractivity contribution in [1.82, 2.24) is 15.2 Å². The summed E-state index contributed by atoms with van der Waals surface area (Å²) in [5, 5.41) is 10.2. The van der Waals surface area contributed by atoms with Gasteiger partial charge in [-0.25, -0.2) is 9.89 Å². The summed E-state index contributed by atoms with van der Waals surface area (Å²) in [6, 6.07) is 15.8. The van der Waals surface area contributed by atoms with Crippen LogP contribution in [0, 0.1) is 13.8 Å². The van der Waals surface area contributed by atoms with Gasteiger partial charge in [0.1, 0.15) is 18.1 Å². The van der Waals surface area contributed by atoms with Gasteiger partial charge in [0.05, 0.1) is 6.21 Å². The summed E-state index contributed by atoms with van der Waals surface area (Å²) in [5.74, 6) is 1.07. The Morgan fingerprint density at radius 2 is 2.00 bits per heavy atom. The molecule has 0 unspecified atom stereocenters. The van der Waals surface area contributed by atoms with Gasteiger partial charge in [0.15, 0.2) is 5.82 Å². The SMILES string of the molecule is Cc1ccc(COc2cccc(/C=N/Nc3nc(=O)[nH]nc3C)c2)cc1. The molecule has 0 radical (unpaired) electrons. The molecule has 0 saturated heterocycles. The number of aryl methyl sites for hydroxylation is 2. The Balaban J connectivity index is 1.62. The molecule has 0 bridgehead atoms. The highest BCUT2D eigenvalue weighted by Crippen LogP contribution is 2.15. The third-order valence-electron chi connectivity index (χ3n) is 3.64. The van der Waals surface area contributed by atoms with Crippen molar-refractivity contribution in [3.8, 4) is 5.75 Å². The first-order valence-electron chi connectivity index (χ1n) is 8.11. The Morgan fingerprint density at radius 1 is 1.19 bits per heavy atom. The highest BCUT2D eigenvalue weighted by atomic mass is 16.5. The number of benzene rings is 2. The van der Waals surface area contributed by atoms with Crippen LogP contribution in [0.15, 0.2) is 58.4 Å². The van der Waals surface area contributed by atoms with Gasteiger partial charge in [-0.05, 0) is 37.1 Å². The summed E-state index contributed by atoms with van der Waals surface area (Å²) in [5.41, 5.74) is 5.93. The van der Waals surface area contributed by atoms with E-state index in [2.05, 4.69) is 56.9 Å². The van der Waals surface area contributed by atoms with Gasteiger partial charge in [0.25, 0.3) is 0 Å². The predicted molar refractivity (Wildman–Crippen MR) is 101 cm³/mol. The topological polar surface area (TPSA) is 92.3 Å². The maximum atomic E-state index is 11.2. The number of ether oxygens (including phenoxy) is 1. The van der Waals surface area contributed by atoms with Crippen molar-refractivity contribution < 1.29 is 4.74 Å². The van der Waals surface area contributed by atoms with Crippen molar-refractivity contribution in [3.05, 3.63) is 81.4 Å². The van der Waals surface area contributed by atoms with Gasteiger partial charge in [0.2, 0.25) is 0 Å². The molecule has 1 aromatic heterocycles. The first kappa shape index (κ1) is 17.3. The van der Waals surface area contributed by atoms with Crippen LogP contribution in [0.1, 0.15) is 22.4 Å². The van der Waals surface area contributed by atoms with E-state index in [1.54, 1.807) is 13.1 Å². The van der Waals surface area contributed by atoms with Crippen molar-refractivity contribution >= 4 is 12.0 Å². The third-order valence-corrected chi connectivity index (χ3v) is 3.64. The maximum absolute atomic E-state index is 11.2. The van der Waals surface area contributed by atoms with Crippen LogP contribution in [0.3, 0.4) is 0 Å². The van der Waals surface area contributed by atoms with Crippen LogP contribution in [0.2, 0.25) is 0 Å². The fourth-order valence-electron chi connectivity index (χ4n) is 2.20. The van der Waals surface area contributed by atoms with E-state index in [4.69, 9.17) is 4.74 Å². The van der Waals surface area contributed by atoms with E-state index in [1.165, 1.54) is 5.56 Å². The number of nitrogens with one attached hydrogen (secondary N) is 2. The van der Waals surface area contributed by atoms with Crippen molar-refractivity contribution in [1.29, 1.82) is 0 Å². The van der Waals surface area contributed by atoms with E-state index in [1.807, 2.05) is 24.3 Å². The zero-order chi connectivity index (χ0) is 18.4. The first-order chi connectivity index (χ1) is 12.6. The zero-order valence-electron chi connectivity index (χ0n) is 14.6. The standard InChI is InChI=1S/C19H19N5O2/c1-13-6-8-15(9-7-13)12-26-17-5-3-4-16(10-17)11-20-23-18-14(2)22-24-19(25)21-18/h3-11H,12H2,1-2H3,(H2,21,23,24,25)/b20-11+. The lowest BCUT2D eigenvalue weighted by atomic mass is 10.2. The number of hydrogen-bond donors (Lipinski definition) is 2. The first-order valence-corrected chi connectivity index (χ1v) is 8.11. The van der Waals surface area contributed by atoms with E-state index in [0.717, 1.165) is 16.9 Å². The number of H-pyrrole nitrogens is 1. The lowest BCUT2D eigenvalue weighted by Gasteiger charge is -2.07. The molecule has 7 heteroatoms. The van der Waals surface area contributed by atoms with E-state index in [-0.39, 0.29) is 0 Å². The highest BCUT2D eigenvalue weighted by molar-refractivity contribution is 5.80. The molecule has 0 aliphatic rings. The summed E-state index contributed by atoms with van der Waals surface area (Å²) in [4.78, 5) is 15.0. The summed E-state index contributed by atoms with van der Waals surface area (Å²) in [6.45, 7) is 4.28. The second-order valence-electron chi connectivity index (χ2n) is 5.79. The minimum atomic E-state index is -0.528. The van der Waals surface area contributed by atoms with Crippen molar-refractivity contribution in [2.24, 2.45) is 5.10 Å². The smallest absolute Gasteiger partial charge is 0.363 e. The van der Waals surface area contributed by atoms with E-state index >= 15 is 0 Å². The molecule has 3 rings (SSSR count). The monoisotopic (exact) mass is 349 g/mol. The van der Waals surface area contributed by atoms with Gasteiger partial charge in [-0.15, -0.1) is 0 Å². The van der Waals surface area contributed by atoms with Gasteiger partial charge in [0, 0.05) is 0 Å². The molecule has 3 aromatic rings. The molecular formula is C19H19N5O2. The van der Waals surface area contributed by atoms with Crippen LogP contribution in [0.25, 0.3) is 0 Å². The third kappa shape index (κ3) is 4.76. The van der Waals surface area contributed by atoms with Crippen molar-refractivity contribution in [2.75, 3.05) is 5.43 Å². The summed E-state index contributed by atoms with van der Waals surface area (Å²) >= 11 is 0. The summed E-state index contributed by atoms with van der Waals surface area (Å²) in [7, 11) is 0. The van der Waals surface area contributed by atoms with Gasteiger partial charge < -0.3 is 4.74 Å². The fraction of sp³-hybridized carbons (Fsp3) is 0.158. The molecule has 2 aromatic carbocycles.